The van der Waals surface area contributed by atoms with Crippen LogP contribution in [0.3, 0.4) is 0 Å². The molecule has 2 aliphatic heterocycles. The van der Waals surface area contributed by atoms with Crippen molar-refractivity contribution in [2.75, 3.05) is 18.0 Å². The zero-order valence-electron chi connectivity index (χ0n) is 16.1. The number of fused-ring (bicyclic) bond motifs is 2. The summed E-state index contributed by atoms with van der Waals surface area (Å²) in [5, 5.41) is 3.70. The van der Waals surface area contributed by atoms with Gasteiger partial charge < -0.3 is 10.6 Å². The summed E-state index contributed by atoms with van der Waals surface area (Å²) in [6.45, 7) is 2.18. The zero-order chi connectivity index (χ0) is 21.3. The summed E-state index contributed by atoms with van der Waals surface area (Å²) in [6.07, 6.45) is -2.30. The molecule has 2 bridgehead atoms. The molecule has 2 aliphatic rings. The zero-order valence-corrected chi connectivity index (χ0v) is 17.0. The highest BCUT2D eigenvalue weighted by Gasteiger charge is 2.45. The van der Waals surface area contributed by atoms with E-state index in [1.54, 1.807) is 6.07 Å². The average molecular weight is 434 g/mol. The SMILES string of the molecule is NC(=S)NN=Cc1ccc(N2CC3CC2CN3Cc2ccccc2)c(C(F)(F)F)c1. The van der Waals surface area contributed by atoms with Gasteiger partial charge in [0.1, 0.15) is 0 Å². The normalized spacial score (nSPS) is 21.5. The third-order valence-corrected chi connectivity index (χ3v) is 5.70. The molecule has 2 aromatic carbocycles. The maximum absolute atomic E-state index is 13.8. The molecule has 0 saturated carbocycles. The van der Waals surface area contributed by atoms with Crippen LogP contribution in [0.2, 0.25) is 0 Å². The Kier molecular flexibility index (Phi) is 5.66. The highest BCUT2D eigenvalue weighted by atomic mass is 32.1. The molecule has 0 aromatic heterocycles. The molecule has 5 nitrogen and oxygen atoms in total. The number of halogens is 3. The first kappa shape index (κ1) is 20.6. The third kappa shape index (κ3) is 4.41. The molecule has 158 valence electrons. The van der Waals surface area contributed by atoms with Crippen LogP contribution in [0.1, 0.15) is 23.1 Å². The van der Waals surface area contributed by atoms with Gasteiger partial charge >= 0.3 is 6.18 Å². The lowest BCUT2D eigenvalue weighted by Crippen LogP contribution is -2.46. The van der Waals surface area contributed by atoms with E-state index >= 15 is 0 Å². The Morgan fingerprint density at radius 1 is 1.17 bits per heavy atom. The van der Waals surface area contributed by atoms with Crippen molar-refractivity contribution in [2.24, 2.45) is 10.8 Å². The van der Waals surface area contributed by atoms with E-state index in [2.05, 4.69) is 39.8 Å². The number of hydrogen-bond acceptors (Lipinski definition) is 4. The Morgan fingerprint density at radius 2 is 1.93 bits per heavy atom. The van der Waals surface area contributed by atoms with Crippen LogP contribution in [-0.4, -0.2) is 41.4 Å². The Hall–Kier alpha value is -2.65. The van der Waals surface area contributed by atoms with E-state index in [4.69, 9.17) is 5.73 Å². The van der Waals surface area contributed by atoms with Crippen molar-refractivity contribution < 1.29 is 13.2 Å². The van der Waals surface area contributed by atoms with Crippen molar-refractivity contribution in [3.05, 3.63) is 65.2 Å². The molecular weight excluding hydrogens is 411 g/mol. The summed E-state index contributed by atoms with van der Waals surface area (Å²) in [7, 11) is 0. The van der Waals surface area contributed by atoms with Gasteiger partial charge in [-0.3, -0.25) is 10.3 Å². The highest BCUT2D eigenvalue weighted by Crippen LogP contribution is 2.42. The number of anilines is 1. The fourth-order valence-corrected chi connectivity index (χ4v) is 4.39. The smallest absolute Gasteiger partial charge is 0.375 e. The van der Waals surface area contributed by atoms with Gasteiger partial charge in [0.2, 0.25) is 0 Å². The van der Waals surface area contributed by atoms with Crippen LogP contribution in [-0.2, 0) is 12.7 Å². The molecule has 2 saturated heterocycles. The van der Waals surface area contributed by atoms with Crippen molar-refractivity contribution in [3.8, 4) is 0 Å². The van der Waals surface area contributed by atoms with Gasteiger partial charge in [-0.05, 0) is 41.9 Å². The van der Waals surface area contributed by atoms with E-state index in [0.717, 1.165) is 25.6 Å². The minimum Gasteiger partial charge on any atom is -0.375 e. The van der Waals surface area contributed by atoms with Gasteiger partial charge in [0.05, 0.1) is 11.8 Å². The summed E-state index contributed by atoms with van der Waals surface area (Å²) >= 11 is 4.63. The predicted molar refractivity (Wildman–Crippen MR) is 115 cm³/mol. The van der Waals surface area contributed by atoms with E-state index in [1.165, 1.54) is 17.8 Å². The fraction of sp³-hybridized carbons (Fsp3) is 0.333. The Balaban J connectivity index is 1.52. The molecule has 0 spiro atoms. The summed E-state index contributed by atoms with van der Waals surface area (Å²) in [4.78, 5) is 4.27. The number of piperazine rings is 1. The number of nitrogens with one attached hydrogen (secondary N) is 1. The number of nitrogens with zero attached hydrogens (tertiary/aromatic N) is 3. The van der Waals surface area contributed by atoms with Crippen LogP contribution in [0.5, 0.6) is 0 Å². The molecule has 0 amide bonds. The van der Waals surface area contributed by atoms with E-state index in [-0.39, 0.29) is 22.9 Å². The summed E-state index contributed by atoms with van der Waals surface area (Å²) in [5.74, 6) is 0. The lowest BCUT2D eigenvalue weighted by molar-refractivity contribution is -0.137. The lowest BCUT2D eigenvalue weighted by atomic mass is 10.1. The Bertz CT molecular complexity index is 947. The largest absolute Gasteiger partial charge is 0.418 e. The van der Waals surface area contributed by atoms with Gasteiger partial charge in [-0.1, -0.05) is 36.4 Å². The maximum Gasteiger partial charge on any atom is 0.418 e. The summed E-state index contributed by atoms with van der Waals surface area (Å²) < 4.78 is 41.4. The predicted octanol–water partition coefficient (Wildman–Crippen LogP) is 3.34. The minimum absolute atomic E-state index is 0.0490. The van der Waals surface area contributed by atoms with Crippen molar-refractivity contribution in [2.45, 2.75) is 31.2 Å². The molecule has 2 heterocycles. The van der Waals surface area contributed by atoms with Gasteiger partial charge in [0, 0.05) is 37.4 Å². The molecule has 3 N–H and O–H groups in total. The van der Waals surface area contributed by atoms with Crippen LogP contribution < -0.4 is 16.1 Å². The Labute approximate surface area is 178 Å². The lowest BCUT2D eigenvalue weighted by Gasteiger charge is -2.36. The van der Waals surface area contributed by atoms with Crippen molar-refractivity contribution in [3.63, 3.8) is 0 Å². The molecule has 30 heavy (non-hydrogen) atoms. The van der Waals surface area contributed by atoms with Crippen LogP contribution in [0.25, 0.3) is 0 Å². The number of hydrazone groups is 1. The third-order valence-electron chi connectivity index (χ3n) is 5.61. The van der Waals surface area contributed by atoms with E-state index in [0.29, 0.717) is 12.1 Å². The van der Waals surface area contributed by atoms with Gasteiger partial charge in [0.15, 0.2) is 5.11 Å². The van der Waals surface area contributed by atoms with Crippen LogP contribution in [0, 0.1) is 0 Å². The molecule has 2 fully saturated rings. The summed E-state index contributed by atoms with van der Waals surface area (Å²) in [5.41, 5.74) is 8.75. The van der Waals surface area contributed by atoms with Crippen molar-refractivity contribution >= 4 is 29.2 Å². The van der Waals surface area contributed by atoms with Gasteiger partial charge in [-0.15, -0.1) is 0 Å². The van der Waals surface area contributed by atoms with Gasteiger partial charge in [-0.25, -0.2) is 0 Å². The van der Waals surface area contributed by atoms with E-state index in [1.807, 2.05) is 23.1 Å². The molecule has 2 aromatic rings. The second-order valence-corrected chi connectivity index (χ2v) is 8.06. The van der Waals surface area contributed by atoms with Crippen molar-refractivity contribution in [1.82, 2.24) is 10.3 Å². The Morgan fingerprint density at radius 3 is 2.57 bits per heavy atom. The molecule has 0 aliphatic carbocycles. The van der Waals surface area contributed by atoms with Crippen LogP contribution >= 0.6 is 12.2 Å². The second kappa shape index (κ2) is 8.23. The van der Waals surface area contributed by atoms with Gasteiger partial charge in [0.25, 0.3) is 0 Å². The number of nitrogens with two attached hydrogens (primary N) is 1. The molecule has 0 radical (unpaired) electrons. The molecule has 4 rings (SSSR count). The second-order valence-electron chi connectivity index (χ2n) is 7.62. The number of rotatable bonds is 5. The first-order chi connectivity index (χ1) is 14.3. The number of thiocarbonyl (C=S) groups is 1. The molecule has 9 heteroatoms. The quantitative estimate of drug-likeness (QED) is 0.430. The number of likely N-dealkylation sites (tertiary alicyclic amines) is 1. The van der Waals surface area contributed by atoms with E-state index < -0.39 is 11.7 Å². The number of hydrogen-bond donors (Lipinski definition) is 2. The standard InChI is InChI=1S/C21H22F3N5S/c22-21(23,24)18-8-15(10-26-27-20(25)30)6-7-19(18)29-13-16-9-17(29)12-28(16)11-14-4-2-1-3-5-14/h1-8,10,16-17H,9,11-13H2,(H3,25,27,30). The van der Waals surface area contributed by atoms with Crippen molar-refractivity contribution in [1.29, 1.82) is 0 Å². The van der Waals surface area contributed by atoms with Crippen LogP contribution in [0.4, 0.5) is 18.9 Å². The van der Waals surface area contributed by atoms with E-state index in [9.17, 15) is 13.2 Å². The summed E-state index contributed by atoms with van der Waals surface area (Å²) in [6, 6.07) is 14.8. The topological polar surface area (TPSA) is 56.9 Å². The number of alkyl halides is 3. The average Bonchev–Trinajstić information content (AvgIpc) is 3.28. The fourth-order valence-electron chi connectivity index (χ4n) is 4.34. The maximum atomic E-state index is 13.8. The van der Waals surface area contributed by atoms with Crippen LogP contribution in [0.15, 0.2) is 53.6 Å². The molecular formula is C21H22F3N5S. The monoisotopic (exact) mass is 433 g/mol. The first-order valence-corrected chi connectivity index (χ1v) is 10.1. The highest BCUT2D eigenvalue weighted by molar-refractivity contribution is 7.80. The van der Waals surface area contributed by atoms with Gasteiger partial charge in [-0.2, -0.15) is 18.3 Å². The molecule has 2 atom stereocenters. The first-order valence-electron chi connectivity index (χ1n) is 9.65. The molecule has 2 unspecified atom stereocenters. The minimum atomic E-state index is -4.46. The number of benzene rings is 2.